The number of halogens is 1. The first-order valence-electron chi connectivity index (χ1n) is 5.99. The number of anilines is 1. The first kappa shape index (κ1) is 12.0. The third-order valence-electron chi connectivity index (χ3n) is 2.85. The van der Waals surface area contributed by atoms with E-state index in [9.17, 15) is 0 Å². The van der Waals surface area contributed by atoms with Gasteiger partial charge in [-0.25, -0.2) is 4.98 Å². The quantitative estimate of drug-likeness (QED) is 0.705. The van der Waals surface area contributed by atoms with Crippen molar-refractivity contribution in [1.82, 2.24) is 4.98 Å². The Morgan fingerprint density at radius 1 is 1.33 bits per heavy atom. The lowest BCUT2D eigenvalue weighted by atomic mass is 10.1. The van der Waals surface area contributed by atoms with Crippen molar-refractivity contribution < 1.29 is 0 Å². The van der Waals surface area contributed by atoms with E-state index in [4.69, 9.17) is 16.6 Å². The van der Waals surface area contributed by atoms with Crippen molar-refractivity contribution in [3.63, 3.8) is 0 Å². The number of thiazole rings is 1. The molecule has 0 bridgehead atoms. The van der Waals surface area contributed by atoms with E-state index in [0.29, 0.717) is 0 Å². The zero-order valence-corrected chi connectivity index (χ0v) is 12.2. The molecule has 1 aliphatic rings. The zero-order chi connectivity index (χ0) is 12.9. The number of benzene rings is 1. The maximum absolute atomic E-state index is 6.02. The van der Waals surface area contributed by atoms with Gasteiger partial charge in [-0.1, -0.05) is 17.7 Å². The van der Waals surface area contributed by atoms with Crippen molar-refractivity contribution in [3.8, 4) is 11.3 Å². The molecule has 1 aliphatic carbocycles. The van der Waals surface area contributed by atoms with Gasteiger partial charge in [0.1, 0.15) is 0 Å². The van der Waals surface area contributed by atoms with Crippen LogP contribution in [0.2, 0.25) is 5.02 Å². The number of hydrogen-bond donors (Lipinski definition) is 1. The molecule has 0 fully saturated rings. The summed E-state index contributed by atoms with van der Waals surface area (Å²) in [6.45, 7) is 6.44. The number of aromatic nitrogens is 1. The highest BCUT2D eigenvalue weighted by Gasteiger charge is 2.24. The smallest absolute Gasteiger partial charge is 0.183 e. The molecule has 0 saturated carbocycles. The Kier molecular flexibility index (Phi) is 2.65. The second-order valence-corrected chi connectivity index (χ2v) is 7.16. The van der Waals surface area contributed by atoms with E-state index in [1.54, 1.807) is 11.3 Å². The van der Waals surface area contributed by atoms with E-state index in [1.807, 2.05) is 12.1 Å². The van der Waals surface area contributed by atoms with Gasteiger partial charge in [-0.3, -0.25) is 0 Å². The van der Waals surface area contributed by atoms with Crippen LogP contribution in [0.15, 0.2) is 18.2 Å². The van der Waals surface area contributed by atoms with Crippen molar-refractivity contribution in [2.45, 2.75) is 32.7 Å². The molecule has 4 heteroatoms. The minimum Gasteiger partial charge on any atom is -0.357 e. The molecule has 18 heavy (non-hydrogen) atoms. The molecular formula is C14H15ClN2S. The van der Waals surface area contributed by atoms with E-state index in [1.165, 1.54) is 16.0 Å². The van der Waals surface area contributed by atoms with Crippen LogP contribution < -0.4 is 5.32 Å². The summed E-state index contributed by atoms with van der Waals surface area (Å²) in [5, 5.41) is 5.24. The fraction of sp³-hybridized carbons (Fsp3) is 0.357. The third-order valence-corrected chi connectivity index (χ3v) is 4.06. The molecule has 0 radical (unpaired) electrons. The van der Waals surface area contributed by atoms with Crippen molar-refractivity contribution >= 4 is 28.1 Å². The predicted octanol–water partition coefficient (Wildman–Crippen LogP) is 4.58. The number of nitrogens with zero attached hydrogens (tertiary/aromatic N) is 1. The molecule has 2 nitrogen and oxygen atoms in total. The van der Waals surface area contributed by atoms with Gasteiger partial charge in [0.2, 0.25) is 0 Å². The maximum atomic E-state index is 6.02. The largest absolute Gasteiger partial charge is 0.357 e. The summed E-state index contributed by atoms with van der Waals surface area (Å²) in [4.78, 5) is 6.04. The fourth-order valence-corrected chi connectivity index (χ4v) is 3.57. The highest BCUT2D eigenvalue weighted by atomic mass is 35.5. The number of fused-ring (bicyclic) bond motifs is 3. The summed E-state index contributed by atoms with van der Waals surface area (Å²) in [7, 11) is 0. The molecule has 1 N–H and O–H groups in total. The summed E-state index contributed by atoms with van der Waals surface area (Å²) in [5.41, 5.74) is 3.69. The van der Waals surface area contributed by atoms with E-state index in [2.05, 4.69) is 32.2 Å². The van der Waals surface area contributed by atoms with Crippen molar-refractivity contribution in [3.05, 3.63) is 33.7 Å². The number of rotatable bonds is 1. The van der Waals surface area contributed by atoms with E-state index in [-0.39, 0.29) is 5.54 Å². The van der Waals surface area contributed by atoms with Gasteiger partial charge in [-0.05, 0) is 38.5 Å². The first-order valence-corrected chi connectivity index (χ1v) is 7.18. The Morgan fingerprint density at radius 3 is 2.83 bits per heavy atom. The second kappa shape index (κ2) is 3.97. The van der Waals surface area contributed by atoms with Gasteiger partial charge in [0, 0.05) is 27.4 Å². The maximum Gasteiger partial charge on any atom is 0.183 e. The average Bonchev–Trinajstić information content (AvgIpc) is 2.70. The molecule has 0 spiro atoms. The lowest BCUT2D eigenvalue weighted by molar-refractivity contribution is 0.633. The Labute approximate surface area is 116 Å². The van der Waals surface area contributed by atoms with E-state index >= 15 is 0 Å². The first-order chi connectivity index (χ1) is 8.42. The van der Waals surface area contributed by atoms with Gasteiger partial charge >= 0.3 is 0 Å². The summed E-state index contributed by atoms with van der Waals surface area (Å²) in [6, 6.07) is 6.05. The molecule has 0 saturated heterocycles. The van der Waals surface area contributed by atoms with Gasteiger partial charge in [0.05, 0.1) is 5.69 Å². The van der Waals surface area contributed by atoms with Gasteiger partial charge in [0.25, 0.3) is 0 Å². The number of hydrogen-bond acceptors (Lipinski definition) is 3. The van der Waals surface area contributed by atoms with Crippen LogP contribution in [0.3, 0.4) is 0 Å². The molecule has 1 aromatic heterocycles. The topological polar surface area (TPSA) is 24.9 Å². The molecule has 0 aliphatic heterocycles. The van der Waals surface area contributed by atoms with Gasteiger partial charge in [0.15, 0.2) is 5.13 Å². The fourth-order valence-electron chi connectivity index (χ4n) is 2.17. The molecule has 0 unspecified atom stereocenters. The van der Waals surface area contributed by atoms with Crippen molar-refractivity contribution in [2.24, 2.45) is 0 Å². The van der Waals surface area contributed by atoms with Crippen molar-refractivity contribution in [2.75, 3.05) is 5.32 Å². The third kappa shape index (κ3) is 2.13. The lowest BCUT2D eigenvalue weighted by Gasteiger charge is -2.19. The van der Waals surface area contributed by atoms with E-state index in [0.717, 1.165) is 22.3 Å². The van der Waals surface area contributed by atoms with Crippen LogP contribution >= 0.6 is 22.9 Å². The molecule has 1 heterocycles. The monoisotopic (exact) mass is 278 g/mol. The molecule has 0 atom stereocenters. The zero-order valence-electron chi connectivity index (χ0n) is 10.7. The van der Waals surface area contributed by atoms with Crippen LogP contribution in [0.5, 0.6) is 0 Å². The Morgan fingerprint density at radius 2 is 2.11 bits per heavy atom. The standard InChI is InChI=1S/C14H15ClN2S/c1-14(2,3)17-13-16-12-10-5-4-9(15)6-8(10)7-11(12)18-13/h4-6H,7H2,1-3H3,(H,16,17). The summed E-state index contributed by atoms with van der Waals surface area (Å²) in [6.07, 6.45) is 0.953. The van der Waals surface area contributed by atoms with Gasteiger partial charge < -0.3 is 5.32 Å². The van der Waals surface area contributed by atoms with Crippen LogP contribution in [-0.2, 0) is 6.42 Å². The molecule has 2 aromatic rings. The molecule has 0 amide bonds. The van der Waals surface area contributed by atoms with Crippen LogP contribution in [0, 0.1) is 0 Å². The Hall–Kier alpha value is -1.06. The highest BCUT2D eigenvalue weighted by Crippen LogP contribution is 2.42. The molecule has 3 rings (SSSR count). The van der Waals surface area contributed by atoms with Gasteiger partial charge in [-0.15, -0.1) is 11.3 Å². The second-order valence-electron chi connectivity index (χ2n) is 5.64. The highest BCUT2D eigenvalue weighted by molar-refractivity contribution is 7.16. The van der Waals surface area contributed by atoms with E-state index < -0.39 is 0 Å². The Balaban J connectivity index is 1.98. The SMILES string of the molecule is CC(C)(C)Nc1nc2c(s1)Cc1cc(Cl)ccc1-2. The Bertz CT molecular complexity index is 611. The minimum absolute atomic E-state index is 0.0500. The van der Waals surface area contributed by atoms with Crippen LogP contribution in [0.4, 0.5) is 5.13 Å². The molecule has 1 aromatic carbocycles. The lowest BCUT2D eigenvalue weighted by Crippen LogP contribution is -2.25. The minimum atomic E-state index is 0.0500. The predicted molar refractivity (Wildman–Crippen MR) is 78.7 cm³/mol. The van der Waals surface area contributed by atoms with Gasteiger partial charge in [-0.2, -0.15) is 0 Å². The van der Waals surface area contributed by atoms with Crippen LogP contribution in [-0.4, -0.2) is 10.5 Å². The summed E-state index contributed by atoms with van der Waals surface area (Å²) >= 11 is 7.77. The average molecular weight is 279 g/mol. The van der Waals surface area contributed by atoms with Crippen LogP contribution in [0.1, 0.15) is 31.2 Å². The molecule has 94 valence electrons. The summed E-state index contributed by atoms with van der Waals surface area (Å²) in [5.74, 6) is 0. The number of nitrogens with one attached hydrogen (secondary N) is 1. The van der Waals surface area contributed by atoms with Crippen LogP contribution in [0.25, 0.3) is 11.3 Å². The van der Waals surface area contributed by atoms with Crippen molar-refractivity contribution in [1.29, 1.82) is 0 Å². The molecular weight excluding hydrogens is 264 g/mol. The normalized spacial score (nSPS) is 13.3. The summed E-state index contributed by atoms with van der Waals surface area (Å²) < 4.78 is 0.